The summed E-state index contributed by atoms with van der Waals surface area (Å²) < 4.78 is 5.30. The van der Waals surface area contributed by atoms with Crippen LogP contribution in [0.2, 0.25) is 10.0 Å². The molecule has 1 heterocycles. The van der Waals surface area contributed by atoms with Crippen molar-refractivity contribution in [2.24, 2.45) is 0 Å². The minimum atomic E-state index is 0.111. The second-order valence-electron chi connectivity index (χ2n) is 5.36. The van der Waals surface area contributed by atoms with Crippen molar-refractivity contribution >= 4 is 40.9 Å². The molecule has 1 saturated heterocycles. The number of carbonyl (C=O) groups excluding carboxylic acids is 1. The van der Waals surface area contributed by atoms with Crippen LogP contribution in [0.1, 0.15) is 12.0 Å². The van der Waals surface area contributed by atoms with Crippen LogP contribution in [-0.2, 0) is 15.3 Å². The molecule has 0 spiro atoms. The van der Waals surface area contributed by atoms with Crippen LogP contribution in [0.25, 0.3) is 0 Å². The number of thioether (sulfide) groups is 1. The fourth-order valence-electron chi connectivity index (χ4n) is 2.25. The molecule has 1 aliphatic rings. The van der Waals surface area contributed by atoms with Gasteiger partial charge in [0.05, 0.1) is 23.3 Å². The first-order valence-corrected chi connectivity index (χ1v) is 9.64. The van der Waals surface area contributed by atoms with Crippen molar-refractivity contribution in [1.29, 1.82) is 0 Å². The maximum atomic E-state index is 11.8. The molecule has 23 heavy (non-hydrogen) atoms. The van der Waals surface area contributed by atoms with Crippen molar-refractivity contribution in [3.8, 4) is 0 Å². The lowest BCUT2D eigenvalue weighted by Crippen LogP contribution is -2.41. The number of morpholine rings is 1. The number of hydrogen-bond donors (Lipinski definition) is 1. The Morgan fingerprint density at radius 3 is 2.78 bits per heavy atom. The van der Waals surface area contributed by atoms with Crippen molar-refractivity contribution in [1.82, 2.24) is 10.2 Å². The molecule has 0 aromatic heterocycles. The fourth-order valence-corrected chi connectivity index (χ4v) is 3.46. The van der Waals surface area contributed by atoms with Gasteiger partial charge < -0.3 is 10.1 Å². The molecule has 1 fully saturated rings. The van der Waals surface area contributed by atoms with Gasteiger partial charge in [0.2, 0.25) is 5.91 Å². The van der Waals surface area contributed by atoms with Crippen LogP contribution in [0.15, 0.2) is 18.2 Å². The third-order valence-corrected chi connectivity index (χ3v) is 5.35. The molecule has 7 heteroatoms. The Hall–Kier alpha value is -0.460. The van der Waals surface area contributed by atoms with Crippen LogP contribution >= 0.6 is 35.0 Å². The molecule has 1 aromatic rings. The predicted molar refractivity (Wildman–Crippen MR) is 97.5 cm³/mol. The van der Waals surface area contributed by atoms with Gasteiger partial charge in [-0.05, 0) is 17.7 Å². The molecular formula is C16H22Cl2N2O2S. The Kier molecular flexibility index (Phi) is 8.55. The van der Waals surface area contributed by atoms with E-state index < -0.39 is 0 Å². The highest BCUT2D eigenvalue weighted by molar-refractivity contribution is 7.98. The molecule has 0 radical (unpaired) electrons. The van der Waals surface area contributed by atoms with Gasteiger partial charge in [-0.15, -0.1) is 0 Å². The highest BCUT2D eigenvalue weighted by atomic mass is 35.5. The standard InChI is InChI=1S/C16H22Cl2N2O2S/c17-14-2-1-13(11-15(14)18)12-23-10-3-16(21)19-4-5-20-6-8-22-9-7-20/h1-2,11H,3-10,12H2,(H,19,21). The van der Waals surface area contributed by atoms with Crippen LogP contribution in [-0.4, -0.2) is 56.0 Å². The lowest BCUT2D eigenvalue weighted by Gasteiger charge is -2.26. The van der Waals surface area contributed by atoms with Crippen LogP contribution in [0.4, 0.5) is 0 Å². The van der Waals surface area contributed by atoms with E-state index in [9.17, 15) is 4.79 Å². The molecule has 1 amide bonds. The van der Waals surface area contributed by atoms with Crippen LogP contribution in [0.5, 0.6) is 0 Å². The van der Waals surface area contributed by atoms with Crippen molar-refractivity contribution in [3.63, 3.8) is 0 Å². The zero-order valence-corrected chi connectivity index (χ0v) is 15.4. The molecule has 0 aliphatic carbocycles. The van der Waals surface area contributed by atoms with E-state index in [0.29, 0.717) is 23.0 Å². The number of hydrogen-bond acceptors (Lipinski definition) is 4. The number of benzene rings is 1. The molecule has 0 saturated carbocycles. The summed E-state index contributed by atoms with van der Waals surface area (Å²) in [6, 6.07) is 5.64. The van der Waals surface area contributed by atoms with Crippen LogP contribution < -0.4 is 5.32 Å². The summed E-state index contributed by atoms with van der Waals surface area (Å²) >= 11 is 13.6. The van der Waals surface area contributed by atoms with E-state index in [0.717, 1.165) is 49.9 Å². The monoisotopic (exact) mass is 376 g/mol. The SMILES string of the molecule is O=C(CCSCc1ccc(Cl)c(Cl)c1)NCCN1CCOCC1. The van der Waals surface area contributed by atoms with Gasteiger partial charge in [-0.2, -0.15) is 11.8 Å². The largest absolute Gasteiger partial charge is 0.379 e. The third kappa shape index (κ3) is 7.31. The second kappa shape index (κ2) is 10.4. The molecule has 1 aromatic carbocycles. The molecule has 2 rings (SSSR count). The maximum Gasteiger partial charge on any atom is 0.220 e. The molecule has 1 aliphatic heterocycles. The fraction of sp³-hybridized carbons (Fsp3) is 0.562. The summed E-state index contributed by atoms with van der Waals surface area (Å²) in [6.07, 6.45) is 0.537. The average Bonchev–Trinajstić information content (AvgIpc) is 2.56. The van der Waals surface area contributed by atoms with Crippen molar-refractivity contribution in [2.75, 3.05) is 45.1 Å². The summed E-state index contributed by atoms with van der Waals surface area (Å²) in [7, 11) is 0. The van der Waals surface area contributed by atoms with E-state index in [2.05, 4.69) is 10.2 Å². The van der Waals surface area contributed by atoms with Gasteiger partial charge in [0.15, 0.2) is 0 Å². The highest BCUT2D eigenvalue weighted by Crippen LogP contribution is 2.24. The lowest BCUT2D eigenvalue weighted by atomic mass is 10.2. The number of carbonyl (C=O) groups is 1. The average molecular weight is 377 g/mol. The van der Waals surface area contributed by atoms with E-state index in [-0.39, 0.29) is 5.91 Å². The first kappa shape index (κ1) is 18.9. The summed E-state index contributed by atoms with van der Waals surface area (Å²) in [5.41, 5.74) is 1.12. The van der Waals surface area contributed by atoms with E-state index in [1.165, 1.54) is 0 Å². The van der Waals surface area contributed by atoms with Gasteiger partial charge in [-0.1, -0.05) is 29.3 Å². The van der Waals surface area contributed by atoms with Gasteiger partial charge in [0, 0.05) is 44.1 Å². The van der Waals surface area contributed by atoms with Gasteiger partial charge in [0.25, 0.3) is 0 Å². The molecule has 0 unspecified atom stereocenters. The number of halogens is 2. The summed E-state index contributed by atoms with van der Waals surface area (Å²) in [5.74, 6) is 1.74. The Morgan fingerprint density at radius 1 is 1.26 bits per heavy atom. The number of rotatable bonds is 8. The van der Waals surface area contributed by atoms with E-state index >= 15 is 0 Å². The maximum absolute atomic E-state index is 11.8. The Morgan fingerprint density at radius 2 is 2.04 bits per heavy atom. The summed E-state index contributed by atoms with van der Waals surface area (Å²) in [5, 5.41) is 4.12. The van der Waals surface area contributed by atoms with Crippen molar-refractivity contribution in [2.45, 2.75) is 12.2 Å². The Labute approximate surface area is 151 Å². The van der Waals surface area contributed by atoms with E-state index in [4.69, 9.17) is 27.9 Å². The minimum absolute atomic E-state index is 0.111. The Bertz CT molecular complexity index is 511. The third-order valence-electron chi connectivity index (χ3n) is 3.58. The van der Waals surface area contributed by atoms with Gasteiger partial charge in [-0.25, -0.2) is 0 Å². The summed E-state index contributed by atoms with van der Waals surface area (Å²) in [4.78, 5) is 14.1. The van der Waals surface area contributed by atoms with Crippen molar-refractivity contribution in [3.05, 3.63) is 33.8 Å². The molecule has 1 N–H and O–H groups in total. The second-order valence-corrected chi connectivity index (χ2v) is 7.27. The smallest absolute Gasteiger partial charge is 0.220 e. The first-order valence-electron chi connectivity index (χ1n) is 7.73. The van der Waals surface area contributed by atoms with E-state index in [1.54, 1.807) is 17.8 Å². The topological polar surface area (TPSA) is 41.6 Å². The van der Waals surface area contributed by atoms with Gasteiger partial charge in [-0.3, -0.25) is 9.69 Å². The van der Waals surface area contributed by atoms with Gasteiger partial charge in [0.1, 0.15) is 0 Å². The van der Waals surface area contributed by atoms with Gasteiger partial charge >= 0.3 is 0 Å². The molecule has 4 nitrogen and oxygen atoms in total. The number of amides is 1. The quantitative estimate of drug-likeness (QED) is 0.707. The highest BCUT2D eigenvalue weighted by Gasteiger charge is 2.10. The lowest BCUT2D eigenvalue weighted by molar-refractivity contribution is -0.120. The molecule has 128 valence electrons. The number of nitrogens with one attached hydrogen (secondary N) is 1. The van der Waals surface area contributed by atoms with Crippen molar-refractivity contribution < 1.29 is 9.53 Å². The van der Waals surface area contributed by atoms with Crippen LogP contribution in [0, 0.1) is 0 Å². The molecule has 0 bridgehead atoms. The summed E-state index contributed by atoms with van der Waals surface area (Å²) in [6.45, 7) is 5.09. The van der Waals surface area contributed by atoms with E-state index in [1.807, 2.05) is 12.1 Å². The molecular weight excluding hydrogens is 355 g/mol. The Balaban J connectivity index is 1.53. The number of ether oxygens (including phenoxy) is 1. The van der Waals surface area contributed by atoms with Crippen LogP contribution in [0.3, 0.4) is 0 Å². The zero-order chi connectivity index (χ0) is 16.5. The first-order chi connectivity index (χ1) is 11.1. The normalized spacial score (nSPS) is 15.6. The minimum Gasteiger partial charge on any atom is -0.379 e. The number of nitrogens with zero attached hydrogens (tertiary/aromatic N) is 1. The predicted octanol–water partition coefficient (Wildman–Crippen LogP) is 3.07. The molecule has 0 atom stereocenters. The zero-order valence-electron chi connectivity index (χ0n) is 13.0.